The van der Waals surface area contributed by atoms with Gasteiger partial charge in [0.15, 0.2) is 11.5 Å². The van der Waals surface area contributed by atoms with Gasteiger partial charge in [-0.1, -0.05) is 12.1 Å². The van der Waals surface area contributed by atoms with Crippen molar-refractivity contribution in [2.75, 3.05) is 26.3 Å². The number of nitrogens with one attached hydrogen (secondary N) is 1. The molecular weight excluding hydrogens is 396 g/mol. The maximum Gasteiger partial charge on any atom is 0.239 e. The zero-order valence-corrected chi connectivity index (χ0v) is 18.2. The number of para-hydroxylation sites is 1. The van der Waals surface area contributed by atoms with Crippen LogP contribution in [-0.4, -0.2) is 52.6 Å². The third-order valence-corrected chi connectivity index (χ3v) is 5.16. The molecule has 0 fully saturated rings. The lowest BCUT2D eigenvalue weighted by Crippen LogP contribution is -2.40. The molecule has 168 valence electrons. The highest BCUT2D eigenvalue weighted by molar-refractivity contribution is 5.84. The lowest BCUT2D eigenvalue weighted by Gasteiger charge is -2.24. The van der Waals surface area contributed by atoms with Gasteiger partial charge >= 0.3 is 0 Å². The molecule has 0 saturated carbocycles. The molecule has 1 aromatic carbocycles. The molecule has 1 N–H and O–H groups in total. The Morgan fingerprint density at radius 1 is 1.26 bits per heavy atom. The van der Waals surface area contributed by atoms with Crippen LogP contribution in [0.5, 0.6) is 11.5 Å². The van der Waals surface area contributed by atoms with Crippen LogP contribution in [0.3, 0.4) is 0 Å². The van der Waals surface area contributed by atoms with Crippen molar-refractivity contribution in [3.8, 4) is 11.5 Å². The van der Waals surface area contributed by atoms with Gasteiger partial charge < -0.3 is 24.3 Å². The smallest absolute Gasteiger partial charge is 0.239 e. The molecule has 1 aliphatic heterocycles. The molecule has 0 unspecified atom stereocenters. The Kier molecular flexibility index (Phi) is 8.75. The molecule has 0 atom stereocenters. The van der Waals surface area contributed by atoms with E-state index in [1.165, 1.54) is 0 Å². The maximum atomic E-state index is 13.0. The number of imidazole rings is 1. The highest BCUT2D eigenvalue weighted by atomic mass is 16.5. The molecule has 2 amide bonds. The van der Waals surface area contributed by atoms with Gasteiger partial charge in [0.1, 0.15) is 0 Å². The van der Waals surface area contributed by atoms with Crippen LogP contribution in [0.25, 0.3) is 0 Å². The summed E-state index contributed by atoms with van der Waals surface area (Å²) in [5, 5.41) is 2.93. The Morgan fingerprint density at radius 3 is 2.97 bits per heavy atom. The van der Waals surface area contributed by atoms with Crippen LogP contribution < -0.4 is 14.8 Å². The molecule has 0 aliphatic carbocycles. The van der Waals surface area contributed by atoms with Gasteiger partial charge in [0, 0.05) is 44.0 Å². The average Bonchev–Trinajstić information content (AvgIpc) is 3.27. The number of rotatable bonds is 6. The zero-order chi connectivity index (χ0) is 21.9. The molecule has 31 heavy (non-hydrogen) atoms. The summed E-state index contributed by atoms with van der Waals surface area (Å²) in [7, 11) is 0. The van der Waals surface area contributed by atoms with E-state index in [1.807, 2.05) is 35.9 Å². The standard InChI is InChI=1S/C23H32N4O4/c1-2-30-20-9-6-8-19-16-27(22(29)10-7-13-26-14-12-24-18-26)17-21(28)25-11-4-3-5-15-31-23(19)20/h6,8-9,12,14,18H,2-5,7,10-11,13,15-17H2,1H3,(H,25,28). The quantitative estimate of drug-likeness (QED) is 0.765. The second-order valence-corrected chi connectivity index (χ2v) is 7.59. The second kappa shape index (κ2) is 12.0. The van der Waals surface area contributed by atoms with Gasteiger partial charge in [0.25, 0.3) is 0 Å². The first-order valence-corrected chi connectivity index (χ1v) is 11.0. The number of benzene rings is 1. The molecule has 1 aliphatic rings. The van der Waals surface area contributed by atoms with Crippen LogP contribution in [0.15, 0.2) is 36.9 Å². The van der Waals surface area contributed by atoms with E-state index < -0.39 is 0 Å². The van der Waals surface area contributed by atoms with E-state index in [2.05, 4.69) is 10.3 Å². The van der Waals surface area contributed by atoms with Crippen molar-refractivity contribution in [1.82, 2.24) is 19.8 Å². The zero-order valence-electron chi connectivity index (χ0n) is 18.2. The Balaban J connectivity index is 1.77. The van der Waals surface area contributed by atoms with Crippen LogP contribution in [0.1, 0.15) is 44.6 Å². The van der Waals surface area contributed by atoms with E-state index in [0.717, 1.165) is 24.8 Å². The van der Waals surface area contributed by atoms with Gasteiger partial charge in [-0.2, -0.15) is 0 Å². The summed E-state index contributed by atoms with van der Waals surface area (Å²) < 4.78 is 13.8. The molecule has 1 aromatic heterocycles. The minimum absolute atomic E-state index is 0.0300. The number of hydrogen-bond acceptors (Lipinski definition) is 5. The van der Waals surface area contributed by atoms with Crippen molar-refractivity contribution in [2.24, 2.45) is 0 Å². The van der Waals surface area contributed by atoms with Gasteiger partial charge in [0.05, 0.1) is 26.1 Å². The van der Waals surface area contributed by atoms with E-state index in [1.54, 1.807) is 17.4 Å². The monoisotopic (exact) mass is 428 g/mol. The van der Waals surface area contributed by atoms with E-state index in [-0.39, 0.29) is 18.4 Å². The molecule has 0 spiro atoms. The third-order valence-electron chi connectivity index (χ3n) is 5.16. The van der Waals surface area contributed by atoms with E-state index in [9.17, 15) is 9.59 Å². The normalized spacial score (nSPS) is 15.5. The Hall–Kier alpha value is -3.03. The molecule has 8 heteroatoms. The summed E-state index contributed by atoms with van der Waals surface area (Å²) in [6.07, 6.45) is 9.10. The number of carbonyl (C=O) groups is 2. The molecule has 0 radical (unpaired) electrons. The summed E-state index contributed by atoms with van der Waals surface area (Å²) in [5.74, 6) is 1.15. The number of carbonyl (C=O) groups excluding carboxylic acids is 2. The highest BCUT2D eigenvalue weighted by Crippen LogP contribution is 2.33. The van der Waals surface area contributed by atoms with Gasteiger partial charge in [-0.05, 0) is 38.7 Å². The Morgan fingerprint density at radius 2 is 2.16 bits per heavy atom. The fraction of sp³-hybridized carbons (Fsp3) is 0.522. The first-order valence-electron chi connectivity index (χ1n) is 11.0. The molecule has 0 saturated heterocycles. The largest absolute Gasteiger partial charge is 0.490 e. The first-order chi connectivity index (χ1) is 15.2. The second-order valence-electron chi connectivity index (χ2n) is 7.59. The summed E-state index contributed by atoms with van der Waals surface area (Å²) >= 11 is 0. The van der Waals surface area contributed by atoms with Crippen LogP contribution >= 0.6 is 0 Å². The van der Waals surface area contributed by atoms with Gasteiger partial charge in [0.2, 0.25) is 11.8 Å². The minimum atomic E-state index is -0.134. The third kappa shape index (κ3) is 7.01. The summed E-state index contributed by atoms with van der Waals surface area (Å²) in [4.78, 5) is 31.1. The topological polar surface area (TPSA) is 85.7 Å². The average molecular weight is 429 g/mol. The van der Waals surface area contributed by atoms with E-state index in [0.29, 0.717) is 57.2 Å². The fourth-order valence-corrected chi connectivity index (χ4v) is 3.58. The van der Waals surface area contributed by atoms with Crippen molar-refractivity contribution in [1.29, 1.82) is 0 Å². The number of nitrogens with zero attached hydrogens (tertiary/aromatic N) is 3. The first kappa shape index (κ1) is 22.7. The molecule has 2 heterocycles. The minimum Gasteiger partial charge on any atom is -0.490 e. The number of hydrogen-bond donors (Lipinski definition) is 1. The lowest BCUT2D eigenvalue weighted by atomic mass is 10.1. The van der Waals surface area contributed by atoms with Crippen molar-refractivity contribution < 1.29 is 19.1 Å². The number of ether oxygens (including phenoxy) is 2. The van der Waals surface area contributed by atoms with Crippen molar-refractivity contribution in [3.63, 3.8) is 0 Å². The Bertz CT molecular complexity index is 838. The molecule has 2 aromatic rings. The predicted molar refractivity (Wildman–Crippen MR) is 117 cm³/mol. The van der Waals surface area contributed by atoms with E-state index in [4.69, 9.17) is 9.47 Å². The number of amides is 2. The number of aromatic nitrogens is 2. The van der Waals surface area contributed by atoms with Crippen LogP contribution in [-0.2, 0) is 22.7 Å². The molecule has 0 bridgehead atoms. The summed E-state index contributed by atoms with van der Waals surface area (Å²) in [6.45, 7) is 4.68. The fourth-order valence-electron chi connectivity index (χ4n) is 3.58. The molecule has 3 rings (SSSR count). The molecule has 8 nitrogen and oxygen atoms in total. The summed E-state index contributed by atoms with van der Waals surface area (Å²) in [6, 6.07) is 5.71. The number of aryl methyl sites for hydroxylation is 1. The van der Waals surface area contributed by atoms with Gasteiger partial charge in [-0.25, -0.2) is 4.98 Å². The number of fused-ring (bicyclic) bond motifs is 1. The van der Waals surface area contributed by atoms with Crippen molar-refractivity contribution in [3.05, 3.63) is 42.5 Å². The van der Waals surface area contributed by atoms with Crippen LogP contribution in [0, 0.1) is 0 Å². The summed E-state index contributed by atoms with van der Waals surface area (Å²) in [5.41, 5.74) is 0.848. The van der Waals surface area contributed by atoms with Crippen molar-refractivity contribution >= 4 is 11.8 Å². The van der Waals surface area contributed by atoms with Gasteiger partial charge in [-0.3, -0.25) is 9.59 Å². The van der Waals surface area contributed by atoms with Crippen molar-refractivity contribution in [2.45, 2.75) is 52.1 Å². The maximum absolute atomic E-state index is 13.0. The predicted octanol–water partition coefficient (Wildman–Crippen LogP) is 2.77. The lowest BCUT2D eigenvalue weighted by molar-refractivity contribution is -0.136. The van der Waals surface area contributed by atoms with E-state index >= 15 is 0 Å². The van der Waals surface area contributed by atoms with Crippen LogP contribution in [0.2, 0.25) is 0 Å². The van der Waals surface area contributed by atoms with Gasteiger partial charge in [-0.15, -0.1) is 0 Å². The SMILES string of the molecule is CCOc1cccc2c1OCCCCCNC(=O)CN(C(=O)CCCn1ccnc1)C2. The highest BCUT2D eigenvalue weighted by Gasteiger charge is 2.21. The van der Waals surface area contributed by atoms with Crippen LogP contribution in [0.4, 0.5) is 0 Å². The molecular formula is C23H32N4O4. The Labute approximate surface area is 183 Å².